The summed E-state index contributed by atoms with van der Waals surface area (Å²) in [5.41, 5.74) is 3.27. The van der Waals surface area contributed by atoms with Crippen molar-refractivity contribution >= 4 is 11.8 Å². The van der Waals surface area contributed by atoms with Crippen molar-refractivity contribution in [2.45, 2.75) is 33.2 Å². The normalized spacial score (nSPS) is 13.0. The first-order valence-corrected chi connectivity index (χ1v) is 8.99. The number of halogens is 1. The van der Waals surface area contributed by atoms with Crippen molar-refractivity contribution in [2.75, 3.05) is 13.2 Å². The number of fused-ring (bicyclic) bond motifs is 1. The third-order valence-electron chi connectivity index (χ3n) is 4.38. The van der Waals surface area contributed by atoms with Gasteiger partial charge in [0.1, 0.15) is 19.0 Å². The van der Waals surface area contributed by atoms with Crippen LogP contribution in [0.15, 0.2) is 36.4 Å². The second-order valence-corrected chi connectivity index (χ2v) is 7.52. The summed E-state index contributed by atoms with van der Waals surface area (Å²) >= 11 is 0. The van der Waals surface area contributed by atoms with Crippen LogP contribution in [-0.4, -0.2) is 35.6 Å². The highest BCUT2D eigenvalue weighted by Gasteiger charge is 2.30. The summed E-state index contributed by atoms with van der Waals surface area (Å²) in [6, 6.07) is 8.51. The molecule has 1 N–H and O–H groups in total. The maximum Gasteiger partial charge on any atom is 0.272 e. The van der Waals surface area contributed by atoms with Crippen LogP contribution < -0.4 is 14.9 Å². The fraction of sp³-hybridized carbons (Fsp3) is 0.333. The molecular formula is C21H23FN2O4. The summed E-state index contributed by atoms with van der Waals surface area (Å²) in [6.07, 6.45) is 0. The van der Waals surface area contributed by atoms with Crippen molar-refractivity contribution in [1.82, 2.24) is 10.4 Å². The van der Waals surface area contributed by atoms with E-state index in [1.54, 1.807) is 39.8 Å². The van der Waals surface area contributed by atoms with Crippen molar-refractivity contribution in [1.29, 1.82) is 0 Å². The monoisotopic (exact) mass is 386 g/mol. The first-order chi connectivity index (χ1) is 13.2. The molecule has 148 valence electrons. The van der Waals surface area contributed by atoms with E-state index in [1.165, 1.54) is 29.3 Å². The lowest BCUT2D eigenvalue weighted by Gasteiger charge is -2.35. The minimum absolute atomic E-state index is 0.274. The Balaban J connectivity index is 1.88. The SMILES string of the molecule is Cc1c(C(=O)NN(C(=O)c2ccc(F)cc2)C(C)(C)C)ccc2c1OCCO2. The molecule has 28 heavy (non-hydrogen) atoms. The molecule has 0 unspecified atom stereocenters. The Morgan fingerprint density at radius 1 is 1.04 bits per heavy atom. The molecule has 0 aromatic heterocycles. The lowest BCUT2D eigenvalue weighted by molar-refractivity contribution is 0.0358. The smallest absolute Gasteiger partial charge is 0.272 e. The number of benzene rings is 2. The van der Waals surface area contributed by atoms with Crippen LogP contribution >= 0.6 is 0 Å². The molecule has 6 nitrogen and oxygen atoms in total. The van der Waals surface area contributed by atoms with Gasteiger partial charge in [0.2, 0.25) is 0 Å². The minimum Gasteiger partial charge on any atom is -0.486 e. The molecule has 0 saturated carbocycles. The highest BCUT2D eigenvalue weighted by Crippen LogP contribution is 2.35. The van der Waals surface area contributed by atoms with Gasteiger partial charge < -0.3 is 9.47 Å². The Morgan fingerprint density at radius 2 is 1.68 bits per heavy atom. The number of hydrogen-bond acceptors (Lipinski definition) is 4. The van der Waals surface area contributed by atoms with Crippen LogP contribution in [0, 0.1) is 12.7 Å². The highest BCUT2D eigenvalue weighted by atomic mass is 19.1. The van der Waals surface area contributed by atoms with Gasteiger partial charge in [-0.1, -0.05) is 0 Å². The molecule has 2 amide bonds. The van der Waals surface area contributed by atoms with Gasteiger partial charge in [0.15, 0.2) is 11.5 Å². The van der Waals surface area contributed by atoms with E-state index in [-0.39, 0.29) is 5.56 Å². The lowest BCUT2D eigenvalue weighted by atomic mass is 10.0. The van der Waals surface area contributed by atoms with E-state index in [0.29, 0.717) is 35.8 Å². The molecule has 0 bridgehead atoms. The minimum atomic E-state index is -0.706. The van der Waals surface area contributed by atoms with Gasteiger partial charge in [0.05, 0.1) is 5.54 Å². The molecular weight excluding hydrogens is 363 g/mol. The zero-order valence-corrected chi connectivity index (χ0v) is 16.3. The maximum absolute atomic E-state index is 13.2. The van der Waals surface area contributed by atoms with Gasteiger partial charge in [-0.05, 0) is 64.1 Å². The summed E-state index contributed by atoms with van der Waals surface area (Å²) in [5.74, 6) is -0.188. The number of carbonyl (C=O) groups excluding carboxylic acids is 2. The van der Waals surface area contributed by atoms with E-state index in [4.69, 9.17) is 9.47 Å². The van der Waals surface area contributed by atoms with E-state index >= 15 is 0 Å². The first-order valence-electron chi connectivity index (χ1n) is 8.99. The molecule has 1 aliphatic rings. The first kappa shape index (κ1) is 19.7. The van der Waals surface area contributed by atoms with Crippen LogP contribution in [0.5, 0.6) is 11.5 Å². The average Bonchev–Trinajstić information content (AvgIpc) is 2.65. The molecule has 0 spiro atoms. The number of nitrogens with zero attached hydrogens (tertiary/aromatic N) is 1. The molecule has 0 saturated heterocycles. The zero-order chi connectivity index (χ0) is 20.5. The fourth-order valence-electron chi connectivity index (χ4n) is 2.91. The number of hydrazine groups is 1. The summed E-state index contributed by atoms with van der Waals surface area (Å²) in [4.78, 5) is 25.9. The molecule has 2 aromatic carbocycles. The zero-order valence-electron chi connectivity index (χ0n) is 16.3. The Kier molecular flexibility index (Phi) is 5.27. The van der Waals surface area contributed by atoms with Crippen molar-refractivity contribution < 1.29 is 23.5 Å². The quantitative estimate of drug-likeness (QED) is 0.803. The standard InChI is InChI=1S/C21H23FN2O4/c1-13-16(9-10-17-18(13)28-12-11-27-17)19(25)23-24(21(2,3)4)20(26)14-5-7-15(22)8-6-14/h5-10H,11-12H2,1-4H3,(H,23,25). The van der Waals surface area contributed by atoms with Crippen LogP contribution in [0.1, 0.15) is 47.1 Å². The third-order valence-corrected chi connectivity index (χ3v) is 4.38. The molecule has 0 radical (unpaired) electrons. The molecule has 1 heterocycles. The Bertz CT molecular complexity index is 904. The summed E-state index contributed by atoms with van der Waals surface area (Å²) in [7, 11) is 0. The largest absolute Gasteiger partial charge is 0.486 e. The number of ether oxygens (including phenoxy) is 2. The average molecular weight is 386 g/mol. The van der Waals surface area contributed by atoms with Crippen molar-refractivity contribution in [2.24, 2.45) is 0 Å². The highest BCUT2D eigenvalue weighted by molar-refractivity contribution is 6.00. The second-order valence-electron chi connectivity index (χ2n) is 7.52. The van der Waals surface area contributed by atoms with Crippen molar-refractivity contribution in [3.05, 3.63) is 58.9 Å². The van der Waals surface area contributed by atoms with E-state index in [1.807, 2.05) is 0 Å². The van der Waals surface area contributed by atoms with E-state index in [9.17, 15) is 14.0 Å². The van der Waals surface area contributed by atoms with Gasteiger partial charge in [-0.25, -0.2) is 9.40 Å². The van der Waals surface area contributed by atoms with Crippen molar-refractivity contribution in [3.8, 4) is 11.5 Å². The van der Waals surface area contributed by atoms with Gasteiger partial charge >= 0.3 is 0 Å². The third kappa shape index (κ3) is 3.93. The fourth-order valence-corrected chi connectivity index (χ4v) is 2.91. The Morgan fingerprint density at radius 3 is 2.32 bits per heavy atom. The van der Waals surface area contributed by atoms with E-state index in [2.05, 4.69) is 5.43 Å². The maximum atomic E-state index is 13.2. The predicted octanol–water partition coefficient (Wildman–Crippen LogP) is 3.49. The molecule has 7 heteroatoms. The molecule has 3 rings (SSSR count). The van der Waals surface area contributed by atoms with Crippen LogP contribution in [0.2, 0.25) is 0 Å². The number of hydrogen-bond donors (Lipinski definition) is 1. The van der Waals surface area contributed by atoms with Crippen LogP contribution in [-0.2, 0) is 0 Å². The second kappa shape index (κ2) is 7.50. The number of carbonyl (C=O) groups is 2. The molecule has 0 fully saturated rings. The summed E-state index contributed by atoms with van der Waals surface area (Å²) < 4.78 is 24.3. The Labute approximate surface area is 163 Å². The van der Waals surface area contributed by atoms with E-state index < -0.39 is 23.2 Å². The van der Waals surface area contributed by atoms with Gasteiger partial charge in [0, 0.05) is 16.7 Å². The van der Waals surface area contributed by atoms with Crippen LogP contribution in [0.4, 0.5) is 4.39 Å². The van der Waals surface area contributed by atoms with Gasteiger partial charge in [-0.2, -0.15) is 0 Å². The van der Waals surface area contributed by atoms with Gasteiger partial charge in [-0.15, -0.1) is 0 Å². The van der Waals surface area contributed by atoms with Gasteiger partial charge in [-0.3, -0.25) is 15.0 Å². The van der Waals surface area contributed by atoms with Gasteiger partial charge in [0.25, 0.3) is 11.8 Å². The number of rotatable bonds is 2. The molecule has 2 aromatic rings. The lowest BCUT2D eigenvalue weighted by Crippen LogP contribution is -2.56. The van der Waals surface area contributed by atoms with E-state index in [0.717, 1.165) is 0 Å². The van der Waals surface area contributed by atoms with Crippen LogP contribution in [0.3, 0.4) is 0 Å². The molecule has 1 aliphatic heterocycles. The van der Waals surface area contributed by atoms with Crippen molar-refractivity contribution in [3.63, 3.8) is 0 Å². The topological polar surface area (TPSA) is 67.9 Å². The molecule has 0 aliphatic carbocycles. The number of amides is 2. The Hall–Kier alpha value is -3.09. The summed E-state index contributed by atoms with van der Waals surface area (Å²) in [6.45, 7) is 8.03. The summed E-state index contributed by atoms with van der Waals surface area (Å²) in [5, 5.41) is 1.25. The molecule has 0 atom stereocenters. The number of nitrogens with one attached hydrogen (secondary N) is 1. The van der Waals surface area contributed by atoms with Crippen LogP contribution in [0.25, 0.3) is 0 Å². The predicted molar refractivity (Wildman–Crippen MR) is 102 cm³/mol.